The van der Waals surface area contributed by atoms with Gasteiger partial charge in [-0.05, 0) is 25.2 Å². The molecule has 21 heavy (non-hydrogen) atoms. The van der Waals surface area contributed by atoms with Gasteiger partial charge in [-0.2, -0.15) is 0 Å². The van der Waals surface area contributed by atoms with Gasteiger partial charge in [-0.3, -0.25) is 4.99 Å². The standard InChI is InChI=1S/C15H33N3O2S/c1-7-9-11-18(5)14(16-8-2)17-13-15(3,4)10-12-21(6,19)20/h7-13H2,1-6H3,(H,16,17). The second-order valence-corrected chi connectivity index (χ2v) is 8.75. The topological polar surface area (TPSA) is 61.8 Å². The van der Waals surface area contributed by atoms with E-state index in [-0.39, 0.29) is 11.2 Å². The lowest BCUT2D eigenvalue weighted by atomic mass is 9.90. The number of rotatable bonds is 9. The van der Waals surface area contributed by atoms with Gasteiger partial charge in [-0.25, -0.2) is 8.42 Å². The van der Waals surface area contributed by atoms with Crippen LogP contribution >= 0.6 is 0 Å². The van der Waals surface area contributed by atoms with Crippen molar-refractivity contribution in [2.24, 2.45) is 10.4 Å². The van der Waals surface area contributed by atoms with Crippen molar-refractivity contribution in [2.75, 3.05) is 38.7 Å². The molecule has 0 unspecified atom stereocenters. The van der Waals surface area contributed by atoms with Gasteiger partial charge in [0.2, 0.25) is 0 Å². The predicted octanol–water partition coefficient (Wildman–Crippen LogP) is 2.14. The fourth-order valence-corrected chi connectivity index (χ4v) is 2.72. The Hall–Kier alpha value is -0.780. The molecular weight excluding hydrogens is 286 g/mol. The molecule has 6 heteroatoms. The molecule has 0 rings (SSSR count). The number of unbranched alkanes of at least 4 members (excludes halogenated alkanes) is 1. The van der Waals surface area contributed by atoms with Crippen LogP contribution in [0.15, 0.2) is 4.99 Å². The van der Waals surface area contributed by atoms with Crippen LogP contribution in [0.25, 0.3) is 0 Å². The first-order valence-electron chi connectivity index (χ1n) is 7.78. The highest BCUT2D eigenvalue weighted by Gasteiger charge is 2.20. The lowest BCUT2D eigenvalue weighted by Crippen LogP contribution is -2.40. The van der Waals surface area contributed by atoms with Crippen LogP contribution < -0.4 is 5.32 Å². The highest BCUT2D eigenvalue weighted by Crippen LogP contribution is 2.21. The van der Waals surface area contributed by atoms with Gasteiger partial charge in [-0.15, -0.1) is 0 Å². The number of nitrogens with zero attached hydrogens (tertiary/aromatic N) is 2. The molecule has 0 aliphatic carbocycles. The third-order valence-corrected chi connectivity index (χ3v) is 4.30. The Morgan fingerprint density at radius 1 is 1.29 bits per heavy atom. The van der Waals surface area contributed by atoms with Crippen LogP contribution in [0.2, 0.25) is 0 Å². The average Bonchev–Trinajstić information content (AvgIpc) is 2.38. The number of hydrogen-bond donors (Lipinski definition) is 1. The second-order valence-electron chi connectivity index (χ2n) is 6.49. The minimum atomic E-state index is -2.91. The molecule has 0 aromatic rings. The van der Waals surface area contributed by atoms with E-state index in [0.717, 1.165) is 31.9 Å². The Labute approximate surface area is 131 Å². The fraction of sp³-hybridized carbons (Fsp3) is 0.933. The number of aliphatic imine (C=N–C) groups is 1. The zero-order chi connectivity index (χ0) is 16.5. The average molecular weight is 320 g/mol. The van der Waals surface area contributed by atoms with Crippen molar-refractivity contribution in [2.45, 2.75) is 47.0 Å². The summed E-state index contributed by atoms with van der Waals surface area (Å²) in [6, 6.07) is 0. The lowest BCUT2D eigenvalue weighted by molar-refractivity contribution is 0.361. The second kappa shape index (κ2) is 9.28. The van der Waals surface area contributed by atoms with E-state index in [9.17, 15) is 8.42 Å². The summed E-state index contributed by atoms with van der Waals surface area (Å²) in [5.74, 6) is 1.12. The van der Waals surface area contributed by atoms with Gasteiger partial charge >= 0.3 is 0 Å². The summed E-state index contributed by atoms with van der Waals surface area (Å²) in [6.07, 6.45) is 4.21. The molecule has 0 aliphatic rings. The fourth-order valence-electron chi connectivity index (χ4n) is 1.80. The van der Waals surface area contributed by atoms with E-state index in [1.807, 2.05) is 7.05 Å². The summed E-state index contributed by atoms with van der Waals surface area (Å²) in [4.78, 5) is 6.81. The molecule has 0 heterocycles. The number of guanidine groups is 1. The van der Waals surface area contributed by atoms with Crippen molar-refractivity contribution < 1.29 is 8.42 Å². The summed E-state index contributed by atoms with van der Waals surface area (Å²) in [5.41, 5.74) is -0.116. The molecule has 0 aliphatic heterocycles. The summed E-state index contributed by atoms with van der Waals surface area (Å²) < 4.78 is 22.6. The van der Waals surface area contributed by atoms with Crippen LogP contribution in [0.5, 0.6) is 0 Å². The number of nitrogens with one attached hydrogen (secondary N) is 1. The molecule has 0 saturated heterocycles. The molecule has 0 aromatic carbocycles. The van der Waals surface area contributed by atoms with E-state index >= 15 is 0 Å². The van der Waals surface area contributed by atoms with Crippen molar-refractivity contribution in [3.63, 3.8) is 0 Å². The van der Waals surface area contributed by atoms with E-state index < -0.39 is 9.84 Å². The van der Waals surface area contributed by atoms with Crippen LogP contribution in [0.3, 0.4) is 0 Å². The Balaban J connectivity index is 4.65. The van der Waals surface area contributed by atoms with Gasteiger partial charge in [0.05, 0.1) is 5.75 Å². The van der Waals surface area contributed by atoms with Gasteiger partial charge in [0.25, 0.3) is 0 Å². The maximum atomic E-state index is 11.3. The van der Waals surface area contributed by atoms with Crippen molar-refractivity contribution in [3.8, 4) is 0 Å². The van der Waals surface area contributed by atoms with Crippen molar-refractivity contribution in [1.82, 2.24) is 10.2 Å². The smallest absolute Gasteiger partial charge is 0.193 e. The van der Waals surface area contributed by atoms with Crippen LogP contribution in [0.4, 0.5) is 0 Å². The van der Waals surface area contributed by atoms with E-state index in [1.54, 1.807) is 0 Å². The van der Waals surface area contributed by atoms with Crippen molar-refractivity contribution in [1.29, 1.82) is 0 Å². The first-order valence-corrected chi connectivity index (χ1v) is 9.84. The minimum Gasteiger partial charge on any atom is -0.357 e. The molecule has 5 nitrogen and oxygen atoms in total. The molecule has 0 spiro atoms. The van der Waals surface area contributed by atoms with Crippen LogP contribution in [-0.4, -0.2) is 58.0 Å². The van der Waals surface area contributed by atoms with E-state index in [4.69, 9.17) is 0 Å². The summed E-state index contributed by atoms with van der Waals surface area (Å²) in [7, 11) is -0.867. The largest absolute Gasteiger partial charge is 0.357 e. The SMILES string of the molecule is CCCCN(C)C(=NCC(C)(C)CCS(C)(=O)=O)NCC. The van der Waals surface area contributed by atoms with E-state index in [1.165, 1.54) is 6.26 Å². The number of sulfone groups is 1. The highest BCUT2D eigenvalue weighted by atomic mass is 32.2. The molecule has 1 N–H and O–H groups in total. The monoisotopic (exact) mass is 319 g/mol. The Kier molecular flexibility index (Phi) is 8.94. The summed E-state index contributed by atoms with van der Waals surface area (Å²) >= 11 is 0. The summed E-state index contributed by atoms with van der Waals surface area (Å²) in [6.45, 7) is 10.8. The minimum absolute atomic E-state index is 0.116. The third kappa shape index (κ3) is 10.6. The molecule has 0 amide bonds. The molecule has 0 bridgehead atoms. The first kappa shape index (κ1) is 20.2. The Bertz CT molecular complexity index is 417. The molecule has 0 atom stereocenters. The maximum Gasteiger partial charge on any atom is 0.193 e. The molecule has 0 saturated carbocycles. The summed E-state index contributed by atoms with van der Waals surface area (Å²) in [5, 5.41) is 3.29. The van der Waals surface area contributed by atoms with E-state index in [2.05, 4.69) is 42.9 Å². The van der Waals surface area contributed by atoms with Gasteiger partial charge in [0, 0.05) is 32.9 Å². The number of hydrogen-bond acceptors (Lipinski definition) is 3. The van der Waals surface area contributed by atoms with Crippen LogP contribution in [-0.2, 0) is 9.84 Å². The molecular formula is C15H33N3O2S. The Morgan fingerprint density at radius 2 is 1.90 bits per heavy atom. The predicted molar refractivity (Wildman–Crippen MR) is 91.6 cm³/mol. The van der Waals surface area contributed by atoms with Crippen molar-refractivity contribution in [3.05, 3.63) is 0 Å². The lowest BCUT2D eigenvalue weighted by Gasteiger charge is -2.26. The maximum absolute atomic E-state index is 11.3. The van der Waals surface area contributed by atoms with Gasteiger partial charge in [0.15, 0.2) is 5.96 Å². The molecule has 0 aromatic heterocycles. The highest BCUT2D eigenvalue weighted by molar-refractivity contribution is 7.90. The third-order valence-electron chi connectivity index (χ3n) is 3.35. The molecule has 0 radical (unpaired) electrons. The zero-order valence-electron chi connectivity index (χ0n) is 14.6. The van der Waals surface area contributed by atoms with Crippen molar-refractivity contribution >= 4 is 15.8 Å². The van der Waals surface area contributed by atoms with Crippen LogP contribution in [0.1, 0.15) is 47.0 Å². The normalized spacial score (nSPS) is 13.3. The van der Waals surface area contributed by atoms with Gasteiger partial charge < -0.3 is 10.2 Å². The Morgan fingerprint density at radius 3 is 2.38 bits per heavy atom. The quantitative estimate of drug-likeness (QED) is 0.522. The van der Waals surface area contributed by atoms with Gasteiger partial charge in [-0.1, -0.05) is 27.2 Å². The zero-order valence-corrected chi connectivity index (χ0v) is 15.4. The van der Waals surface area contributed by atoms with E-state index in [0.29, 0.717) is 13.0 Å². The first-order chi connectivity index (χ1) is 9.61. The molecule has 0 fully saturated rings. The van der Waals surface area contributed by atoms with Crippen LogP contribution in [0, 0.1) is 5.41 Å². The molecule has 126 valence electrons. The van der Waals surface area contributed by atoms with Gasteiger partial charge in [0.1, 0.15) is 9.84 Å².